The van der Waals surface area contributed by atoms with Crippen molar-refractivity contribution in [2.75, 3.05) is 0 Å². The Morgan fingerprint density at radius 1 is 0.657 bits per heavy atom. The molecule has 0 saturated heterocycles. The fourth-order valence-electron chi connectivity index (χ4n) is 3.78. The molecule has 0 fully saturated rings. The highest BCUT2D eigenvalue weighted by molar-refractivity contribution is 5.92. The molecule has 1 aliphatic carbocycles. The maximum atomic E-state index is 12.2. The molecule has 8 nitrogen and oxygen atoms in total. The summed E-state index contributed by atoms with van der Waals surface area (Å²) in [6.07, 6.45) is 3.90. The second kappa shape index (κ2) is 9.64. The van der Waals surface area contributed by atoms with Crippen molar-refractivity contribution in [3.63, 3.8) is 0 Å². The van der Waals surface area contributed by atoms with Gasteiger partial charge in [0.25, 0.3) is 0 Å². The molecule has 1 aliphatic rings. The van der Waals surface area contributed by atoms with Gasteiger partial charge < -0.3 is 18.9 Å². The van der Waals surface area contributed by atoms with Gasteiger partial charge in [0.1, 0.15) is 0 Å². The van der Waals surface area contributed by atoms with Crippen molar-refractivity contribution in [1.29, 1.82) is 0 Å². The number of carbonyl (C=O) groups excluding carboxylic acids is 4. The quantitative estimate of drug-likeness (QED) is 0.316. The van der Waals surface area contributed by atoms with Crippen LogP contribution < -0.4 is 18.9 Å². The first-order chi connectivity index (χ1) is 16.6. The first-order valence-corrected chi connectivity index (χ1v) is 10.3. The van der Waals surface area contributed by atoms with Gasteiger partial charge in [-0.2, -0.15) is 0 Å². The molecule has 0 unspecified atom stereocenters. The topological polar surface area (TPSA) is 105 Å². The Morgan fingerprint density at radius 3 is 1.63 bits per heavy atom. The van der Waals surface area contributed by atoms with E-state index in [4.69, 9.17) is 18.9 Å². The molecule has 0 radical (unpaired) electrons. The van der Waals surface area contributed by atoms with Crippen LogP contribution in [0.5, 0.6) is 23.0 Å². The highest BCUT2D eigenvalue weighted by atomic mass is 16.6. The van der Waals surface area contributed by atoms with Crippen molar-refractivity contribution in [3.05, 3.63) is 86.0 Å². The maximum Gasteiger partial charge on any atom is 0.335 e. The van der Waals surface area contributed by atoms with Crippen molar-refractivity contribution in [2.24, 2.45) is 0 Å². The Kier molecular flexibility index (Phi) is 6.86. The van der Waals surface area contributed by atoms with E-state index >= 15 is 0 Å². The predicted molar refractivity (Wildman–Crippen MR) is 127 cm³/mol. The summed E-state index contributed by atoms with van der Waals surface area (Å²) in [5.74, 6) is -3.06. The molecule has 0 saturated carbocycles. The van der Waals surface area contributed by atoms with Crippen LogP contribution >= 0.6 is 0 Å². The van der Waals surface area contributed by atoms with E-state index in [1.807, 2.05) is 13.8 Å². The molecule has 178 valence electrons. The van der Waals surface area contributed by atoms with Gasteiger partial charge in [0.2, 0.25) is 0 Å². The second-order valence-electron chi connectivity index (χ2n) is 7.79. The summed E-state index contributed by atoms with van der Waals surface area (Å²) >= 11 is 0. The number of hydrogen-bond donors (Lipinski definition) is 0. The number of carbonyl (C=O) groups is 4. The van der Waals surface area contributed by atoms with Gasteiger partial charge in [0, 0.05) is 35.3 Å². The van der Waals surface area contributed by atoms with Crippen LogP contribution in [-0.2, 0) is 24.6 Å². The van der Waals surface area contributed by atoms with Crippen LogP contribution in [0.2, 0.25) is 0 Å². The summed E-state index contributed by atoms with van der Waals surface area (Å²) in [5, 5.41) is 0. The van der Waals surface area contributed by atoms with Crippen LogP contribution in [0.25, 0.3) is 11.1 Å². The van der Waals surface area contributed by atoms with Crippen LogP contribution in [0.3, 0.4) is 0 Å². The molecule has 0 aromatic heterocycles. The molecule has 0 heterocycles. The summed E-state index contributed by atoms with van der Waals surface area (Å²) in [6.45, 7) is 17.2. The zero-order valence-corrected chi connectivity index (χ0v) is 19.2. The molecule has 0 aliphatic heterocycles. The largest absolute Gasteiger partial charge is 0.419 e. The molecule has 8 heteroatoms. The van der Waals surface area contributed by atoms with Crippen LogP contribution in [-0.4, -0.2) is 23.9 Å². The third kappa shape index (κ3) is 4.67. The molecule has 0 N–H and O–H groups in total. The summed E-state index contributed by atoms with van der Waals surface area (Å²) in [5.41, 5.74) is 1.58. The minimum atomic E-state index is -0.839. The molecule has 3 rings (SSSR count). The summed E-state index contributed by atoms with van der Waals surface area (Å²) in [4.78, 5) is 47.9. The second-order valence-corrected chi connectivity index (χ2v) is 7.79. The van der Waals surface area contributed by atoms with Gasteiger partial charge in [0.15, 0.2) is 23.0 Å². The molecule has 2 aromatic rings. The standard InChI is InChI=1S/C27H22O8/c1-7-21(28)32-18-12-11-15-16-13-19(33-22(29)8-2)20(34-23(30)9-3)14-17(16)27(5,6)25(15)26(18)35-24(31)10-4/h7-14H,1-4H2,5-6H3. The monoisotopic (exact) mass is 474 g/mol. The first-order valence-electron chi connectivity index (χ1n) is 10.3. The van der Waals surface area contributed by atoms with Crippen molar-refractivity contribution < 1.29 is 38.1 Å². The average Bonchev–Trinajstić information content (AvgIpc) is 3.06. The van der Waals surface area contributed by atoms with Crippen LogP contribution in [0, 0.1) is 0 Å². The molecule has 0 bridgehead atoms. The Hall–Kier alpha value is -4.72. The van der Waals surface area contributed by atoms with E-state index in [1.54, 1.807) is 12.1 Å². The van der Waals surface area contributed by atoms with Crippen LogP contribution in [0.15, 0.2) is 74.9 Å². The Bertz CT molecular complexity index is 1310. The molecule has 0 atom stereocenters. The molecule has 2 aromatic carbocycles. The summed E-state index contributed by atoms with van der Waals surface area (Å²) in [7, 11) is 0. The summed E-state index contributed by atoms with van der Waals surface area (Å²) < 4.78 is 21.4. The van der Waals surface area contributed by atoms with Gasteiger partial charge in [-0.25, -0.2) is 19.2 Å². The van der Waals surface area contributed by atoms with Gasteiger partial charge in [-0.15, -0.1) is 0 Å². The molecule has 0 amide bonds. The van der Waals surface area contributed by atoms with Crippen LogP contribution in [0.1, 0.15) is 25.0 Å². The van der Waals surface area contributed by atoms with Gasteiger partial charge in [-0.3, -0.25) is 0 Å². The lowest BCUT2D eigenvalue weighted by atomic mass is 9.81. The van der Waals surface area contributed by atoms with E-state index in [2.05, 4.69) is 26.3 Å². The van der Waals surface area contributed by atoms with E-state index < -0.39 is 29.3 Å². The smallest absolute Gasteiger partial charge is 0.335 e. The van der Waals surface area contributed by atoms with Gasteiger partial charge in [-0.1, -0.05) is 46.2 Å². The van der Waals surface area contributed by atoms with Gasteiger partial charge in [0.05, 0.1) is 0 Å². The summed E-state index contributed by atoms with van der Waals surface area (Å²) in [6, 6.07) is 6.23. The third-order valence-electron chi connectivity index (χ3n) is 5.29. The number of esters is 4. The lowest BCUT2D eigenvalue weighted by molar-refractivity contribution is -0.131. The van der Waals surface area contributed by atoms with E-state index in [1.165, 1.54) is 12.1 Å². The average molecular weight is 474 g/mol. The number of ether oxygens (including phenoxy) is 4. The minimum Gasteiger partial charge on any atom is -0.419 e. The van der Waals surface area contributed by atoms with Crippen LogP contribution in [0.4, 0.5) is 0 Å². The number of fused-ring (bicyclic) bond motifs is 3. The van der Waals surface area contributed by atoms with Gasteiger partial charge in [-0.05, 0) is 34.9 Å². The van der Waals surface area contributed by atoms with Gasteiger partial charge >= 0.3 is 23.9 Å². The number of benzene rings is 2. The fourth-order valence-corrected chi connectivity index (χ4v) is 3.78. The molecule has 35 heavy (non-hydrogen) atoms. The number of hydrogen-bond acceptors (Lipinski definition) is 8. The Morgan fingerprint density at radius 2 is 1.11 bits per heavy atom. The fraction of sp³-hybridized carbons (Fsp3) is 0.111. The minimum absolute atomic E-state index is 0.00125. The van der Waals surface area contributed by atoms with E-state index in [0.717, 1.165) is 24.3 Å². The molecular weight excluding hydrogens is 452 g/mol. The van der Waals surface area contributed by atoms with Crippen molar-refractivity contribution >= 4 is 23.9 Å². The van der Waals surface area contributed by atoms with E-state index in [0.29, 0.717) is 22.3 Å². The molecular formula is C27H22O8. The predicted octanol–water partition coefficient (Wildman–Crippen LogP) is 4.36. The first kappa shape index (κ1) is 24.9. The van der Waals surface area contributed by atoms with Crippen molar-refractivity contribution in [2.45, 2.75) is 19.3 Å². The third-order valence-corrected chi connectivity index (χ3v) is 5.29. The lowest BCUT2D eigenvalue weighted by Gasteiger charge is -2.25. The molecule has 0 spiro atoms. The Labute approximate surface area is 201 Å². The zero-order chi connectivity index (χ0) is 25.9. The van der Waals surface area contributed by atoms with E-state index in [-0.39, 0.29) is 23.0 Å². The highest BCUT2D eigenvalue weighted by Crippen LogP contribution is 2.57. The zero-order valence-electron chi connectivity index (χ0n) is 19.2. The van der Waals surface area contributed by atoms with Crippen molar-refractivity contribution in [1.82, 2.24) is 0 Å². The van der Waals surface area contributed by atoms with E-state index in [9.17, 15) is 19.2 Å². The Balaban J connectivity index is 2.30. The number of rotatable bonds is 8. The van der Waals surface area contributed by atoms with Crippen molar-refractivity contribution in [3.8, 4) is 34.1 Å². The highest BCUT2D eigenvalue weighted by Gasteiger charge is 2.41. The lowest BCUT2D eigenvalue weighted by Crippen LogP contribution is -2.19. The maximum absolute atomic E-state index is 12.2. The normalized spacial score (nSPS) is 12.3. The SMILES string of the molecule is C=CC(=O)Oc1cc2c(cc1OC(=O)C=C)C(C)(C)c1c-2ccc(OC(=O)C=C)c1OC(=O)C=C.